The molecule has 0 amide bonds. The van der Waals surface area contributed by atoms with Gasteiger partial charge >= 0.3 is 23.1 Å². The topological polar surface area (TPSA) is 23.1 Å². The minimum Gasteiger partial charge on any atom is -1.00 e. The summed E-state index contributed by atoms with van der Waals surface area (Å²) >= 11 is 0. The average molecular weight is 201 g/mol. The first kappa shape index (κ1) is 15.5. The Morgan fingerprint density at radius 2 is 1.75 bits per heavy atom. The van der Waals surface area contributed by atoms with E-state index in [-0.39, 0.29) is 35.5 Å². The fourth-order valence-electron chi connectivity index (χ4n) is 1.77. The van der Waals surface area contributed by atoms with Crippen molar-refractivity contribution in [2.45, 2.75) is 57.5 Å². The molecule has 1 aliphatic carbocycles. The minimum atomic E-state index is -0.504. The largest absolute Gasteiger partial charge is 2.00 e. The molecule has 0 radical (unpaired) electrons. The van der Waals surface area contributed by atoms with Gasteiger partial charge < -0.3 is 17.5 Å². The van der Waals surface area contributed by atoms with Crippen molar-refractivity contribution in [3.63, 3.8) is 0 Å². The van der Waals surface area contributed by atoms with Crippen LogP contribution in [0.2, 0.25) is 0 Å². The molecule has 68 valence electrons. The van der Waals surface area contributed by atoms with Gasteiger partial charge in [0, 0.05) is 0 Å². The van der Waals surface area contributed by atoms with E-state index in [1.54, 1.807) is 0 Å². The Bertz CT molecular complexity index is 103. The van der Waals surface area contributed by atoms with E-state index in [2.05, 4.69) is 6.92 Å². The van der Waals surface area contributed by atoms with Crippen LogP contribution in [0.1, 0.15) is 51.9 Å². The first-order chi connectivity index (χ1) is 4.77. The van der Waals surface area contributed by atoms with Crippen LogP contribution >= 0.6 is 0 Å². The van der Waals surface area contributed by atoms with Crippen molar-refractivity contribution in [2.75, 3.05) is 0 Å². The maximum Gasteiger partial charge on any atom is 2.00 e. The van der Waals surface area contributed by atoms with Crippen molar-refractivity contribution in [2.24, 2.45) is 0 Å². The van der Waals surface area contributed by atoms with E-state index in [4.69, 9.17) is 0 Å². The number of rotatable bonds is 3. The standard InChI is InChI=1S/C9H17O.ClH.Mg/c1-2-3-6-9(10)7-4-5-8-9;;/h2-8H2,1H3;1H;/q-1;;+2/p-1. The Labute approximate surface area is 97.9 Å². The third-order valence-electron chi connectivity index (χ3n) is 2.50. The first-order valence-electron chi connectivity index (χ1n) is 4.47. The van der Waals surface area contributed by atoms with Gasteiger partial charge in [-0.2, -0.15) is 0 Å². The zero-order valence-corrected chi connectivity index (χ0v) is 10.1. The molecule has 0 aromatic carbocycles. The Morgan fingerprint density at radius 3 is 2.17 bits per heavy atom. The van der Waals surface area contributed by atoms with E-state index in [0.29, 0.717) is 0 Å². The molecule has 0 bridgehead atoms. The number of hydrogen-bond acceptors (Lipinski definition) is 1. The van der Waals surface area contributed by atoms with Gasteiger partial charge in [-0.3, -0.25) is 0 Å². The van der Waals surface area contributed by atoms with Crippen molar-refractivity contribution < 1.29 is 17.5 Å². The number of halogens is 1. The summed E-state index contributed by atoms with van der Waals surface area (Å²) in [5.74, 6) is 0. The molecule has 0 N–H and O–H groups in total. The molecule has 0 atom stereocenters. The van der Waals surface area contributed by atoms with Crippen LogP contribution in [0.25, 0.3) is 0 Å². The van der Waals surface area contributed by atoms with Crippen molar-refractivity contribution in [3.8, 4) is 0 Å². The fourth-order valence-corrected chi connectivity index (χ4v) is 1.77. The molecule has 0 unspecified atom stereocenters. The van der Waals surface area contributed by atoms with Gasteiger partial charge in [-0.05, 0) is 0 Å². The van der Waals surface area contributed by atoms with E-state index < -0.39 is 5.60 Å². The number of hydrogen-bond donors (Lipinski definition) is 0. The van der Waals surface area contributed by atoms with Crippen molar-refractivity contribution in [1.29, 1.82) is 0 Å². The molecular formula is C9H17ClMgO. The molecule has 1 aliphatic rings. The van der Waals surface area contributed by atoms with Gasteiger partial charge in [-0.15, -0.1) is 5.60 Å². The summed E-state index contributed by atoms with van der Waals surface area (Å²) < 4.78 is 0. The monoisotopic (exact) mass is 200 g/mol. The van der Waals surface area contributed by atoms with Crippen LogP contribution < -0.4 is 17.5 Å². The summed E-state index contributed by atoms with van der Waals surface area (Å²) in [5, 5.41) is 11.7. The maximum absolute atomic E-state index is 11.7. The second-order valence-electron chi connectivity index (χ2n) is 3.49. The van der Waals surface area contributed by atoms with Crippen LogP contribution in [0.3, 0.4) is 0 Å². The van der Waals surface area contributed by atoms with Gasteiger partial charge in [0.25, 0.3) is 0 Å². The van der Waals surface area contributed by atoms with E-state index in [1.807, 2.05) is 0 Å². The molecular weight excluding hydrogens is 184 g/mol. The van der Waals surface area contributed by atoms with Gasteiger partial charge in [0.2, 0.25) is 0 Å². The average Bonchev–Trinajstić information content (AvgIpc) is 2.33. The van der Waals surface area contributed by atoms with Crippen molar-refractivity contribution >= 4 is 23.1 Å². The fraction of sp³-hybridized carbons (Fsp3) is 1.00. The zero-order valence-electron chi connectivity index (χ0n) is 7.94. The van der Waals surface area contributed by atoms with Crippen LogP contribution in [0.4, 0.5) is 0 Å². The quantitative estimate of drug-likeness (QED) is 0.508. The van der Waals surface area contributed by atoms with Crippen molar-refractivity contribution in [3.05, 3.63) is 0 Å². The molecule has 1 saturated carbocycles. The zero-order chi connectivity index (χ0) is 7.45. The first-order valence-corrected chi connectivity index (χ1v) is 4.47. The Kier molecular flexibility index (Phi) is 9.58. The van der Waals surface area contributed by atoms with Crippen LogP contribution in [0.5, 0.6) is 0 Å². The van der Waals surface area contributed by atoms with Crippen LogP contribution in [-0.2, 0) is 0 Å². The van der Waals surface area contributed by atoms with Crippen molar-refractivity contribution in [1.82, 2.24) is 0 Å². The molecule has 3 heteroatoms. The normalized spacial score (nSPS) is 19.5. The second-order valence-corrected chi connectivity index (χ2v) is 3.49. The smallest absolute Gasteiger partial charge is 1.00 e. The Morgan fingerprint density at radius 1 is 1.25 bits per heavy atom. The van der Waals surface area contributed by atoms with Gasteiger partial charge in [0.05, 0.1) is 0 Å². The third kappa shape index (κ3) is 4.90. The van der Waals surface area contributed by atoms with E-state index >= 15 is 0 Å². The van der Waals surface area contributed by atoms with Crippen LogP contribution in [0, 0.1) is 0 Å². The second kappa shape index (κ2) is 7.42. The van der Waals surface area contributed by atoms with Gasteiger partial charge in [0.15, 0.2) is 0 Å². The molecule has 1 nitrogen and oxygen atoms in total. The summed E-state index contributed by atoms with van der Waals surface area (Å²) in [6.07, 6.45) is 7.44. The summed E-state index contributed by atoms with van der Waals surface area (Å²) in [5.41, 5.74) is -0.504. The van der Waals surface area contributed by atoms with E-state index in [1.165, 1.54) is 19.3 Å². The number of unbranched alkanes of at least 4 members (excludes halogenated alkanes) is 1. The Hall–Kier alpha value is 1.02. The Balaban J connectivity index is 0. The minimum absolute atomic E-state index is 0. The molecule has 0 aliphatic heterocycles. The molecule has 1 fully saturated rings. The third-order valence-corrected chi connectivity index (χ3v) is 2.50. The molecule has 0 aromatic rings. The molecule has 0 heterocycles. The maximum atomic E-state index is 11.7. The van der Waals surface area contributed by atoms with Gasteiger partial charge in [-0.25, -0.2) is 0 Å². The predicted octanol–water partition coefficient (Wildman–Crippen LogP) is -1.53. The molecule has 0 aromatic heterocycles. The summed E-state index contributed by atoms with van der Waals surface area (Å²) in [6, 6.07) is 0. The van der Waals surface area contributed by atoms with E-state index in [0.717, 1.165) is 25.7 Å². The van der Waals surface area contributed by atoms with Crippen LogP contribution in [0.15, 0.2) is 0 Å². The van der Waals surface area contributed by atoms with E-state index in [9.17, 15) is 5.11 Å². The summed E-state index contributed by atoms with van der Waals surface area (Å²) in [6.45, 7) is 2.15. The SMILES string of the molecule is CCCCC1([O-])CCCC1.[Cl-].[Mg+2]. The molecule has 0 saturated heterocycles. The molecule has 0 spiro atoms. The van der Waals surface area contributed by atoms with Gasteiger partial charge in [0.1, 0.15) is 0 Å². The summed E-state index contributed by atoms with van der Waals surface area (Å²) in [4.78, 5) is 0. The summed E-state index contributed by atoms with van der Waals surface area (Å²) in [7, 11) is 0. The molecule has 12 heavy (non-hydrogen) atoms. The van der Waals surface area contributed by atoms with Gasteiger partial charge in [-0.1, -0.05) is 51.9 Å². The molecule has 1 rings (SSSR count). The predicted molar refractivity (Wildman–Crippen MR) is 46.5 cm³/mol. The van der Waals surface area contributed by atoms with Crippen LogP contribution in [-0.4, -0.2) is 28.7 Å².